The second-order valence-corrected chi connectivity index (χ2v) is 2.57. The molecular formula is C11H29N. The minimum absolute atomic E-state index is 0.704. The summed E-state index contributed by atoms with van der Waals surface area (Å²) in [4.78, 5) is 2.35. The molecule has 12 heavy (non-hydrogen) atoms. The maximum atomic E-state index is 2.35. The minimum atomic E-state index is 0.704. The van der Waals surface area contributed by atoms with Crippen molar-refractivity contribution < 1.29 is 0 Å². The Morgan fingerprint density at radius 1 is 1.00 bits per heavy atom. The smallest absolute Gasteiger partial charge is 0.00355 e. The van der Waals surface area contributed by atoms with Crippen LogP contribution in [0, 0.1) is 0 Å². The van der Waals surface area contributed by atoms with Crippen molar-refractivity contribution in [3.8, 4) is 0 Å². The maximum Gasteiger partial charge on any atom is 0.00355 e. The monoisotopic (exact) mass is 175 g/mol. The molecule has 0 fully saturated rings. The van der Waals surface area contributed by atoms with Crippen molar-refractivity contribution in [2.24, 2.45) is 0 Å². The van der Waals surface area contributed by atoms with E-state index in [1.807, 2.05) is 27.7 Å². The first-order valence-corrected chi connectivity index (χ1v) is 5.38. The Hall–Kier alpha value is -0.0400. The lowest BCUT2D eigenvalue weighted by Crippen LogP contribution is -2.26. The fourth-order valence-electron chi connectivity index (χ4n) is 0.611. The van der Waals surface area contributed by atoms with Crippen LogP contribution in [0.2, 0.25) is 0 Å². The Morgan fingerprint density at radius 2 is 1.33 bits per heavy atom. The predicted octanol–water partition coefficient (Wildman–Crippen LogP) is 3.79. The third kappa shape index (κ3) is 16.5. The lowest BCUT2D eigenvalue weighted by Gasteiger charge is -2.19. The number of hydrogen-bond acceptors (Lipinski definition) is 1. The van der Waals surface area contributed by atoms with Crippen LogP contribution in [0.1, 0.15) is 54.9 Å². The Labute approximate surface area is 80.2 Å². The Bertz CT molecular complexity index is 51.0. The molecule has 78 valence electrons. The first kappa shape index (κ1) is 17.9. The largest absolute Gasteiger partial charge is 0.304 e. The summed E-state index contributed by atoms with van der Waals surface area (Å²) in [5.74, 6) is 0. The number of rotatable bonds is 3. The molecule has 0 unspecified atom stereocenters. The summed E-state index contributed by atoms with van der Waals surface area (Å²) in [6.07, 6.45) is 1.26. The molecule has 0 atom stereocenters. The highest BCUT2D eigenvalue weighted by atomic mass is 15.1. The third-order valence-electron chi connectivity index (χ3n) is 1.46. The van der Waals surface area contributed by atoms with Gasteiger partial charge in [-0.2, -0.15) is 0 Å². The molecule has 0 amide bonds. The van der Waals surface area contributed by atoms with E-state index in [4.69, 9.17) is 0 Å². The highest BCUT2D eigenvalue weighted by Gasteiger charge is 1.98. The zero-order valence-corrected chi connectivity index (χ0v) is 10.4. The molecule has 0 aliphatic heterocycles. The van der Waals surface area contributed by atoms with Gasteiger partial charge in [-0.05, 0) is 33.9 Å². The fourth-order valence-corrected chi connectivity index (χ4v) is 0.611. The summed E-state index contributed by atoms with van der Waals surface area (Å²) >= 11 is 0. The molecule has 0 radical (unpaired) electrons. The molecule has 0 spiro atoms. The molecule has 0 rings (SSSR count). The molecule has 0 saturated heterocycles. The molecule has 0 saturated carbocycles. The molecule has 1 heteroatoms. The van der Waals surface area contributed by atoms with E-state index in [0.717, 1.165) is 0 Å². The second kappa shape index (κ2) is 17.2. The Morgan fingerprint density at radius 3 is 1.42 bits per heavy atom. The van der Waals surface area contributed by atoms with Gasteiger partial charge in [-0.15, -0.1) is 0 Å². The van der Waals surface area contributed by atoms with Crippen molar-refractivity contribution in [1.82, 2.24) is 4.90 Å². The molecular weight excluding hydrogens is 146 g/mol. The zero-order chi connectivity index (χ0) is 10.6. The standard InChI is InChI=1S/C7H17N.2C2H6/c1-5-6-8(4)7(2)3;2*1-2/h7H,5-6H2,1-4H3;2*1-2H3. The summed E-state index contributed by atoms with van der Waals surface area (Å²) in [7, 11) is 2.16. The van der Waals surface area contributed by atoms with Gasteiger partial charge < -0.3 is 4.90 Å². The van der Waals surface area contributed by atoms with Crippen LogP contribution in [-0.4, -0.2) is 24.5 Å². The molecule has 1 nitrogen and oxygen atoms in total. The average molecular weight is 175 g/mol. The van der Waals surface area contributed by atoms with Crippen molar-refractivity contribution in [2.45, 2.75) is 60.9 Å². The molecule has 0 aliphatic rings. The second-order valence-electron chi connectivity index (χ2n) is 2.57. The van der Waals surface area contributed by atoms with Crippen molar-refractivity contribution in [2.75, 3.05) is 13.6 Å². The summed E-state index contributed by atoms with van der Waals surface area (Å²) in [5, 5.41) is 0. The summed E-state index contributed by atoms with van der Waals surface area (Å²) < 4.78 is 0. The van der Waals surface area contributed by atoms with E-state index in [1.54, 1.807) is 0 Å². The van der Waals surface area contributed by atoms with E-state index in [2.05, 4.69) is 32.7 Å². The van der Waals surface area contributed by atoms with Crippen LogP contribution in [0.5, 0.6) is 0 Å². The van der Waals surface area contributed by atoms with E-state index in [9.17, 15) is 0 Å². The molecule has 0 bridgehead atoms. The van der Waals surface area contributed by atoms with E-state index in [0.29, 0.717) is 6.04 Å². The van der Waals surface area contributed by atoms with Crippen LogP contribution in [0.4, 0.5) is 0 Å². The van der Waals surface area contributed by atoms with Gasteiger partial charge in [0, 0.05) is 6.04 Å². The topological polar surface area (TPSA) is 3.24 Å². The normalized spacial score (nSPS) is 8.50. The summed E-state index contributed by atoms with van der Waals surface area (Å²) in [6, 6.07) is 0.704. The molecule has 0 aromatic rings. The van der Waals surface area contributed by atoms with Gasteiger partial charge >= 0.3 is 0 Å². The van der Waals surface area contributed by atoms with Gasteiger partial charge in [-0.1, -0.05) is 34.6 Å². The van der Waals surface area contributed by atoms with Gasteiger partial charge in [0.25, 0.3) is 0 Å². The highest BCUT2D eigenvalue weighted by Crippen LogP contribution is 1.92. The molecule has 0 aromatic heterocycles. The van der Waals surface area contributed by atoms with Crippen LogP contribution < -0.4 is 0 Å². The first-order valence-electron chi connectivity index (χ1n) is 5.38. The molecule has 0 aliphatic carbocycles. The van der Waals surface area contributed by atoms with Crippen LogP contribution in [0.25, 0.3) is 0 Å². The summed E-state index contributed by atoms with van der Waals surface area (Å²) in [5.41, 5.74) is 0. The van der Waals surface area contributed by atoms with Gasteiger partial charge in [0.15, 0.2) is 0 Å². The predicted molar refractivity (Wildman–Crippen MR) is 60.8 cm³/mol. The minimum Gasteiger partial charge on any atom is -0.304 e. The SMILES string of the molecule is CC.CC.CCCN(C)C(C)C. The molecule has 0 N–H and O–H groups in total. The van der Waals surface area contributed by atoms with Gasteiger partial charge in [-0.25, -0.2) is 0 Å². The van der Waals surface area contributed by atoms with E-state index in [-0.39, 0.29) is 0 Å². The average Bonchev–Trinajstić information content (AvgIpc) is 2.12. The lowest BCUT2D eigenvalue weighted by atomic mass is 10.3. The first-order chi connectivity index (χ1) is 5.68. The Balaban J connectivity index is -0.000000175. The van der Waals surface area contributed by atoms with Crippen LogP contribution in [0.3, 0.4) is 0 Å². The maximum absolute atomic E-state index is 2.35. The van der Waals surface area contributed by atoms with Crippen LogP contribution in [0.15, 0.2) is 0 Å². The fraction of sp³-hybridized carbons (Fsp3) is 1.00. The molecule has 0 aromatic carbocycles. The Kier molecular flexibility index (Phi) is 25.6. The van der Waals surface area contributed by atoms with Crippen molar-refractivity contribution in [3.63, 3.8) is 0 Å². The van der Waals surface area contributed by atoms with Crippen LogP contribution in [-0.2, 0) is 0 Å². The zero-order valence-electron chi connectivity index (χ0n) is 10.4. The van der Waals surface area contributed by atoms with Crippen LogP contribution >= 0.6 is 0 Å². The number of nitrogens with zero attached hydrogens (tertiary/aromatic N) is 1. The van der Waals surface area contributed by atoms with Crippen molar-refractivity contribution >= 4 is 0 Å². The quantitative estimate of drug-likeness (QED) is 0.631. The van der Waals surface area contributed by atoms with Gasteiger partial charge in [0.1, 0.15) is 0 Å². The summed E-state index contributed by atoms with van der Waals surface area (Å²) in [6.45, 7) is 15.9. The van der Waals surface area contributed by atoms with E-state index in [1.165, 1.54) is 13.0 Å². The van der Waals surface area contributed by atoms with Gasteiger partial charge in [0.05, 0.1) is 0 Å². The van der Waals surface area contributed by atoms with E-state index < -0.39 is 0 Å². The van der Waals surface area contributed by atoms with Crippen molar-refractivity contribution in [3.05, 3.63) is 0 Å². The van der Waals surface area contributed by atoms with Gasteiger partial charge in [0.2, 0.25) is 0 Å². The lowest BCUT2D eigenvalue weighted by molar-refractivity contribution is 0.275. The van der Waals surface area contributed by atoms with Crippen molar-refractivity contribution in [1.29, 1.82) is 0 Å². The van der Waals surface area contributed by atoms with Gasteiger partial charge in [-0.3, -0.25) is 0 Å². The van der Waals surface area contributed by atoms with E-state index >= 15 is 0 Å². The molecule has 0 heterocycles. The highest BCUT2D eigenvalue weighted by molar-refractivity contribution is 4.53. The third-order valence-corrected chi connectivity index (χ3v) is 1.46. The number of hydrogen-bond donors (Lipinski definition) is 0.